The number of aliphatic hydroxyl groups is 2. The number of unbranched alkanes of at least 4 members (excludes halogenated alkanes) is 39. The Kier molecular flexibility index (Phi) is 48.9. The van der Waals surface area contributed by atoms with Crippen LogP contribution in [-0.2, 0) is 14.3 Å². The van der Waals surface area contributed by atoms with Crippen LogP contribution in [0.3, 0.4) is 0 Å². The van der Waals surface area contributed by atoms with Gasteiger partial charge in [-0.1, -0.05) is 278 Å². The fraction of sp³-hybridized carbons (Fsp3) is 0.964. The second-order valence-electron chi connectivity index (χ2n) is 19.4. The summed E-state index contributed by atoms with van der Waals surface area (Å²) in [5, 5.41) is 23.7. The Morgan fingerprint density at radius 3 is 1.00 bits per heavy atom. The average Bonchev–Trinajstić information content (AvgIpc) is 3.25. The van der Waals surface area contributed by atoms with Crippen molar-refractivity contribution >= 4 is 11.9 Å². The van der Waals surface area contributed by atoms with Crippen molar-refractivity contribution in [3.05, 3.63) is 0 Å². The van der Waals surface area contributed by atoms with Gasteiger partial charge in [0, 0.05) is 6.42 Å². The molecule has 6 nitrogen and oxygen atoms in total. The van der Waals surface area contributed by atoms with E-state index in [0.717, 1.165) is 38.5 Å². The highest BCUT2D eigenvalue weighted by Crippen LogP contribution is 2.19. The maximum Gasteiger partial charge on any atom is 0.306 e. The van der Waals surface area contributed by atoms with Crippen LogP contribution < -0.4 is 5.32 Å². The molecule has 3 atom stereocenters. The van der Waals surface area contributed by atoms with Crippen molar-refractivity contribution in [2.75, 3.05) is 6.61 Å². The summed E-state index contributed by atoms with van der Waals surface area (Å²) in [5.74, 6) is -0.448. The number of nitrogens with one attached hydrogen (secondary N) is 1. The standard InChI is InChI=1S/C55H109NO5/c1-4-7-10-13-16-19-21-23-25-27-28-30-32-35-37-40-43-46-51(49-54(59)56-52(50-57)53(58)47-44-41-38-34-18-15-12-9-6-3)61-55(60)48-45-42-39-36-33-31-29-26-24-22-20-17-14-11-8-5-2/h51-53,57-58H,4-50H2,1-3H3,(H,56,59). The molecule has 3 N–H and O–H groups in total. The number of esters is 1. The number of hydrogen-bond donors (Lipinski definition) is 3. The molecule has 0 saturated carbocycles. The molecule has 0 saturated heterocycles. The third-order valence-electron chi connectivity index (χ3n) is 13.2. The normalized spacial score (nSPS) is 13.1. The van der Waals surface area contributed by atoms with Crippen molar-refractivity contribution in [3.8, 4) is 0 Å². The van der Waals surface area contributed by atoms with Crippen LogP contribution >= 0.6 is 0 Å². The molecule has 0 aliphatic rings. The second-order valence-corrected chi connectivity index (χ2v) is 19.4. The van der Waals surface area contributed by atoms with Crippen molar-refractivity contribution in [2.24, 2.45) is 0 Å². The van der Waals surface area contributed by atoms with E-state index in [9.17, 15) is 19.8 Å². The Labute approximate surface area is 381 Å². The van der Waals surface area contributed by atoms with E-state index in [-0.39, 0.29) is 24.9 Å². The zero-order valence-corrected chi connectivity index (χ0v) is 41.6. The summed E-state index contributed by atoms with van der Waals surface area (Å²) in [6, 6.07) is -0.691. The first-order valence-corrected chi connectivity index (χ1v) is 27.8. The van der Waals surface area contributed by atoms with Gasteiger partial charge in [0.15, 0.2) is 0 Å². The van der Waals surface area contributed by atoms with Gasteiger partial charge in [0.2, 0.25) is 5.91 Å². The Morgan fingerprint density at radius 2 is 0.689 bits per heavy atom. The Morgan fingerprint density at radius 1 is 0.410 bits per heavy atom. The fourth-order valence-electron chi connectivity index (χ4n) is 8.96. The number of rotatable bonds is 51. The first kappa shape index (κ1) is 59.9. The number of amides is 1. The van der Waals surface area contributed by atoms with Crippen molar-refractivity contribution in [2.45, 2.75) is 334 Å². The Hall–Kier alpha value is -1.14. The summed E-state index contributed by atoms with van der Waals surface area (Å²) < 4.78 is 5.96. The lowest BCUT2D eigenvalue weighted by Gasteiger charge is -2.24. The van der Waals surface area contributed by atoms with Gasteiger partial charge < -0.3 is 20.3 Å². The van der Waals surface area contributed by atoms with Crippen molar-refractivity contribution in [1.82, 2.24) is 5.32 Å². The summed E-state index contributed by atoms with van der Waals surface area (Å²) in [5.41, 5.74) is 0. The van der Waals surface area contributed by atoms with E-state index >= 15 is 0 Å². The van der Waals surface area contributed by atoms with Gasteiger partial charge in [-0.05, 0) is 25.7 Å². The van der Waals surface area contributed by atoms with Gasteiger partial charge in [-0.3, -0.25) is 9.59 Å². The molecule has 0 fully saturated rings. The minimum Gasteiger partial charge on any atom is -0.462 e. The molecular formula is C55H109NO5. The monoisotopic (exact) mass is 864 g/mol. The first-order chi connectivity index (χ1) is 30.0. The Balaban J connectivity index is 4.47. The van der Waals surface area contributed by atoms with Crippen LogP contribution in [-0.4, -0.2) is 46.9 Å². The number of carbonyl (C=O) groups is 2. The minimum atomic E-state index is -0.778. The average molecular weight is 864 g/mol. The predicted octanol–water partition coefficient (Wildman–Crippen LogP) is 16.7. The second kappa shape index (κ2) is 49.9. The van der Waals surface area contributed by atoms with Gasteiger partial charge in [0.25, 0.3) is 0 Å². The molecule has 0 aromatic heterocycles. The smallest absolute Gasteiger partial charge is 0.306 e. The molecule has 1 amide bonds. The lowest BCUT2D eigenvalue weighted by Crippen LogP contribution is -2.46. The molecule has 0 aromatic rings. The highest BCUT2D eigenvalue weighted by molar-refractivity contribution is 5.77. The molecule has 364 valence electrons. The van der Waals surface area contributed by atoms with E-state index in [0.29, 0.717) is 19.3 Å². The van der Waals surface area contributed by atoms with E-state index in [1.165, 1.54) is 231 Å². The lowest BCUT2D eigenvalue weighted by atomic mass is 10.0. The summed E-state index contributed by atoms with van der Waals surface area (Å²) in [6.07, 6.45) is 54.6. The zero-order valence-electron chi connectivity index (χ0n) is 41.6. The van der Waals surface area contributed by atoms with Gasteiger partial charge in [0.05, 0.1) is 25.2 Å². The highest BCUT2D eigenvalue weighted by atomic mass is 16.5. The maximum atomic E-state index is 13.2. The topological polar surface area (TPSA) is 95.9 Å². The third kappa shape index (κ3) is 45.2. The molecule has 0 bridgehead atoms. The van der Waals surface area contributed by atoms with E-state index in [2.05, 4.69) is 26.1 Å². The molecule has 61 heavy (non-hydrogen) atoms. The zero-order chi connectivity index (χ0) is 44.5. The van der Waals surface area contributed by atoms with Crippen LogP contribution in [0.15, 0.2) is 0 Å². The molecule has 0 spiro atoms. The van der Waals surface area contributed by atoms with Crippen molar-refractivity contribution in [1.29, 1.82) is 0 Å². The molecule has 0 aliphatic carbocycles. The van der Waals surface area contributed by atoms with E-state index in [1.54, 1.807) is 0 Å². The Bertz CT molecular complexity index is 882. The molecule has 0 heterocycles. The predicted molar refractivity (Wildman–Crippen MR) is 264 cm³/mol. The van der Waals surface area contributed by atoms with Crippen LogP contribution in [0.5, 0.6) is 0 Å². The largest absolute Gasteiger partial charge is 0.462 e. The molecule has 0 aromatic carbocycles. The summed E-state index contributed by atoms with van der Waals surface area (Å²) in [6.45, 7) is 6.51. The summed E-state index contributed by atoms with van der Waals surface area (Å²) >= 11 is 0. The van der Waals surface area contributed by atoms with Gasteiger partial charge in [-0.2, -0.15) is 0 Å². The maximum absolute atomic E-state index is 13.2. The van der Waals surface area contributed by atoms with E-state index in [1.807, 2.05) is 0 Å². The van der Waals surface area contributed by atoms with Gasteiger partial charge >= 0.3 is 5.97 Å². The first-order valence-electron chi connectivity index (χ1n) is 27.8. The van der Waals surface area contributed by atoms with Crippen LogP contribution in [0, 0.1) is 0 Å². The minimum absolute atomic E-state index is 0.0881. The lowest BCUT2D eigenvalue weighted by molar-refractivity contribution is -0.151. The SMILES string of the molecule is CCCCCCCCCCCCCCCCCCCC(CC(=O)NC(CO)C(O)CCCCCCCCCCC)OC(=O)CCCCCCCCCCCCCCCCCC. The molecule has 6 heteroatoms. The summed E-state index contributed by atoms with van der Waals surface area (Å²) in [4.78, 5) is 26.2. The van der Waals surface area contributed by atoms with Crippen LogP contribution in [0.2, 0.25) is 0 Å². The quantitative estimate of drug-likeness (QED) is 0.0418. The van der Waals surface area contributed by atoms with Crippen molar-refractivity contribution < 1.29 is 24.5 Å². The van der Waals surface area contributed by atoms with E-state index in [4.69, 9.17) is 4.74 Å². The van der Waals surface area contributed by atoms with Gasteiger partial charge in [-0.15, -0.1) is 0 Å². The number of hydrogen-bond acceptors (Lipinski definition) is 5. The van der Waals surface area contributed by atoms with Crippen LogP contribution in [0.25, 0.3) is 0 Å². The van der Waals surface area contributed by atoms with Crippen LogP contribution in [0.1, 0.15) is 316 Å². The van der Waals surface area contributed by atoms with E-state index < -0.39 is 18.2 Å². The molecule has 0 rings (SSSR count). The third-order valence-corrected chi connectivity index (χ3v) is 13.2. The number of ether oxygens (including phenoxy) is 1. The molecular weight excluding hydrogens is 755 g/mol. The van der Waals surface area contributed by atoms with Gasteiger partial charge in [-0.25, -0.2) is 0 Å². The fourth-order valence-corrected chi connectivity index (χ4v) is 8.96. The summed E-state index contributed by atoms with van der Waals surface area (Å²) in [7, 11) is 0. The number of carbonyl (C=O) groups excluding carboxylic acids is 2. The molecule has 3 unspecified atom stereocenters. The van der Waals surface area contributed by atoms with Crippen molar-refractivity contribution in [3.63, 3.8) is 0 Å². The van der Waals surface area contributed by atoms with Gasteiger partial charge in [0.1, 0.15) is 6.10 Å². The van der Waals surface area contributed by atoms with Crippen LogP contribution in [0.4, 0.5) is 0 Å². The molecule has 0 radical (unpaired) electrons. The molecule has 0 aliphatic heterocycles. The number of aliphatic hydroxyl groups excluding tert-OH is 2. The highest BCUT2D eigenvalue weighted by Gasteiger charge is 2.24.